The quantitative estimate of drug-likeness (QED) is 0.163. The third kappa shape index (κ3) is 8.39. The van der Waals surface area contributed by atoms with E-state index < -0.39 is 12.3 Å². The Hall–Kier alpha value is -3.71. The van der Waals surface area contributed by atoms with E-state index in [1.807, 2.05) is 24.3 Å². The smallest absolute Gasteiger partial charge is 0.275 e. The minimum atomic E-state index is -1.14. The van der Waals surface area contributed by atoms with E-state index in [0.29, 0.717) is 75.7 Å². The maximum Gasteiger partial charge on any atom is 0.275 e. The number of nitrogens with zero attached hydrogens (tertiary/aromatic N) is 2. The molecule has 0 aliphatic carbocycles. The number of aliphatic hydroxyl groups excluding tert-OH is 1. The molecule has 2 heterocycles. The second-order valence-corrected chi connectivity index (χ2v) is 9.00. The summed E-state index contributed by atoms with van der Waals surface area (Å²) in [6.07, 6.45) is 1.04. The largest absolute Gasteiger partial charge is 0.491 e. The highest BCUT2D eigenvalue weighted by molar-refractivity contribution is 5.84. The minimum Gasteiger partial charge on any atom is -0.491 e. The van der Waals surface area contributed by atoms with Gasteiger partial charge in [0, 0.05) is 29.7 Å². The first-order chi connectivity index (χ1) is 19.0. The van der Waals surface area contributed by atoms with Gasteiger partial charge in [-0.25, -0.2) is 4.68 Å². The highest BCUT2D eigenvalue weighted by Crippen LogP contribution is 2.21. The van der Waals surface area contributed by atoms with Crippen LogP contribution in [0.5, 0.6) is 5.75 Å². The number of aromatic nitrogens is 2. The normalized spacial score (nSPS) is 17.2. The highest BCUT2D eigenvalue weighted by Gasteiger charge is 2.30. The summed E-state index contributed by atoms with van der Waals surface area (Å²) in [4.78, 5) is 24.4. The molecule has 2 unspecified atom stereocenters. The van der Waals surface area contributed by atoms with Crippen molar-refractivity contribution in [2.24, 2.45) is 0 Å². The number of nitrogens with two attached hydrogens (primary N) is 1. The lowest BCUT2D eigenvalue weighted by Crippen LogP contribution is -2.48. The summed E-state index contributed by atoms with van der Waals surface area (Å²) in [7, 11) is 0. The fourth-order valence-corrected chi connectivity index (χ4v) is 4.13. The van der Waals surface area contributed by atoms with Crippen LogP contribution in [0.3, 0.4) is 0 Å². The molecule has 1 aliphatic rings. The van der Waals surface area contributed by atoms with Crippen molar-refractivity contribution in [3.8, 4) is 5.75 Å². The first-order valence-corrected chi connectivity index (χ1v) is 13.0. The lowest BCUT2D eigenvalue weighted by atomic mass is 10.1. The van der Waals surface area contributed by atoms with Gasteiger partial charge in [0.2, 0.25) is 5.91 Å². The fourth-order valence-electron chi connectivity index (χ4n) is 4.13. The van der Waals surface area contributed by atoms with Gasteiger partial charge in [-0.15, -0.1) is 0 Å². The monoisotopic (exact) mass is 541 g/mol. The Kier molecular flexibility index (Phi) is 10.5. The van der Waals surface area contributed by atoms with E-state index in [1.165, 1.54) is 4.68 Å². The zero-order valence-electron chi connectivity index (χ0n) is 21.7. The number of piperidine rings is 1. The Balaban J connectivity index is 1.06. The van der Waals surface area contributed by atoms with Gasteiger partial charge in [-0.05, 0) is 48.9 Å². The van der Waals surface area contributed by atoms with Crippen molar-refractivity contribution in [3.05, 3.63) is 59.0 Å². The second kappa shape index (κ2) is 14.4. The van der Waals surface area contributed by atoms with E-state index >= 15 is 0 Å². The molecular formula is C27H35N5O7. The highest BCUT2D eigenvalue weighted by atomic mass is 16.6. The Labute approximate surface area is 226 Å². The summed E-state index contributed by atoms with van der Waals surface area (Å²) >= 11 is 0. The molecule has 1 aliphatic heterocycles. The van der Waals surface area contributed by atoms with Crippen LogP contribution >= 0.6 is 0 Å². The number of hydrogen-bond donors (Lipinski definition) is 4. The van der Waals surface area contributed by atoms with Gasteiger partial charge >= 0.3 is 0 Å². The number of carbonyl (C=O) groups is 1. The number of amides is 1. The summed E-state index contributed by atoms with van der Waals surface area (Å²) in [6, 6.07) is 12.0. The van der Waals surface area contributed by atoms with E-state index in [0.717, 1.165) is 11.4 Å². The first kappa shape index (κ1) is 28.3. The third-order valence-corrected chi connectivity index (χ3v) is 6.16. The van der Waals surface area contributed by atoms with Crippen LogP contribution in [0.15, 0.2) is 53.5 Å². The van der Waals surface area contributed by atoms with Gasteiger partial charge in [-0.2, -0.15) is 5.10 Å². The van der Waals surface area contributed by atoms with Crippen LogP contribution in [-0.2, 0) is 19.0 Å². The summed E-state index contributed by atoms with van der Waals surface area (Å²) < 4.78 is 23.4. The number of carbonyl (C=O) groups excluding carboxylic acids is 1. The molecule has 1 aromatic heterocycles. The molecule has 2 atom stereocenters. The third-order valence-electron chi connectivity index (χ3n) is 6.16. The average Bonchev–Trinajstić information content (AvgIpc) is 2.93. The lowest BCUT2D eigenvalue weighted by Gasteiger charge is -2.28. The van der Waals surface area contributed by atoms with Crippen LogP contribution in [-0.4, -0.2) is 79.8 Å². The average molecular weight is 542 g/mol. The maximum absolute atomic E-state index is 12.9. The van der Waals surface area contributed by atoms with Gasteiger partial charge in [-0.1, -0.05) is 0 Å². The van der Waals surface area contributed by atoms with Crippen LogP contribution in [0.4, 0.5) is 11.4 Å². The topological polar surface area (TPSA) is 159 Å². The number of rotatable bonds is 15. The van der Waals surface area contributed by atoms with Gasteiger partial charge in [0.05, 0.1) is 51.2 Å². The van der Waals surface area contributed by atoms with Crippen molar-refractivity contribution in [1.82, 2.24) is 15.1 Å². The van der Waals surface area contributed by atoms with Gasteiger partial charge < -0.3 is 40.4 Å². The standard InChI is InChI=1S/C27H35N5O7/c28-20-1-4-22(5-2-20)39-16-15-38-14-13-37-12-11-36-10-9-29-21-3-6-23-19(17-21)18-30-32(27(23)35)24-7-8-25(33)31-26(24)34/h1-6,17-18,24,26,29,34H,7-16,28H2,(H,31,33). The molecule has 39 heavy (non-hydrogen) atoms. The molecule has 12 nitrogen and oxygen atoms in total. The summed E-state index contributed by atoms with van der Waals surface area (Å²) in [5.41, 5.74) is 6.87. The molecule has 0 saturated carbocycles. The predicted octanol–water partition coefficient (Wildman–Crippen LogP) is 1.29. The van der Waals surface area contributed by atoms with Crippen LogP contribution in [0.2, 0.25) is 0 Å². The molecule has 0 spiro atoms. The van der Waals surface area contributed by atoms with Crippen molar-refractivity contribution in [2.45, 2.75) is 25.1 Å². The first-order valence-electron chi connectivity index (χ1n) is 13.0. The van der Waals surface area contributed by atoms with E-state index in [9.17, 15) is 14.7 Å². The van der Waals surface area contributed by atoms with Crippen molar-refractivity contribution in [2.75, 3.05) is 63.8 Å². The SMILES string of the molecule is Nc1ccc(OCCOCCOCCOCCNc2ccc3c(=O)n(C4CCC(=O)NC4O)ncc3c2)cc1. The molecule has 1 fully saturated rings. The number of fused-ring (bicyclic) bond motifs is 1. The van der Waals surface area contributed by atoms with E-state index in [-0.39, 0.29) is 17.9 Å². The summed E-state index contributed by atoms with van der Waals surface area (Å²) in [5.74, 6) is 0.519. The molecular weight excluding hydrogens is 506 g/mol. The lowest BCUT2D eigenvalue weighted by molar-refractivity contribution is -0.128. The van der Waals surface area contributed by atoms with E-state index in [2.05, 4.69) is 15.7 Å². The van der Waals surface area contributed by atoms with Gasteiger partial charge in [0.15, 0.2) is 0 Å². The molecule has 210 valence electrons. The summed E-state index contributed by atoms with van der Waals surface area (Å²) in [5, 5.41) is 21.3. The molecule has 12 heteroatoms. The van der Waals surface area contributed by atoms with E-state index in [4.69, 9.17) is 24.7 Å². The Bertz CT molecular complexity index is 1270. The Morgan fingerprint density at radius 1 is 0.974 bits per heavy atom. The fraction of sp³-hybridized carbons (Fsp3) is 0.444. The van der Waals surface area contributed by atoms with E-state index in [1.54, 1.807) is 24.4 Å². The van der Waals surface area contributed by atoms with Crippen molar-refractivity contribution >= 4 is 28.1 Å². The molecule has 1 amide bonds. The predicted molar refractivity (Wildman–Crippen MR) is 146 cm³/mol. The maximum atomic E-state index is 12.9. The minimum absolute atomic E-state index is 0.238. The van der Waals surface area contributed by atoms with Crippen LogP contribution < -0.4 is 26.7 Å². The zero-order valence-corrected chi connectivity index (χ0v) is 21.7. The number of nitrogen functional groups attached to an aromatic ring is 1. The molecule has 5 N–H and O–H groups in total. The number of anilines is 2. The second-order valence-electron chi connectivity index (χ2n) is 9.00. The Morgan fingerprint density at radius 2 is 1.67 bits per heavy atom. The van der Waals surface area contributed by atoms with Crippen molar-refractivity contribution < 1.29 is 28.8 Å². The molecule has 0 radical (unpaired) electrons. The molecule has 0 bridgehead atoms. The van der Waals surface area contributed by atoms with Gasteiger partial charge in [0.25, 0.3) is 5.56 Å². The van der Waals surface area contributed by atoms with Gasteiger partial charge in [0.1, 0.15) is 24.6 Å². The Morgan fingerprint density at radius 3 is 2.38 bits per heavy atom. The number of nitrogens with one attached hydrogen (secondary N) is 2. The van der Waals surface area contributed by atoms with Crippen molar-refractivity contribution in [3.63, 3.8) is 0 Å². The zero-order chi connectivity index (χ0) is 27.5. The number of aliphatic hydroxyl groups is 1. The number of hydrogen-bond acceptors (Lipinski definition) is 10. The van der Waals surface area contributed by atoms with Crippen LogP contribution in [0.1, 0.15) is 18.9 Å². The van der Waals surface area contributed by atoms with Crippen molar-refractivity contribution in [1.29, 1.82) is 0 Å². The molecule has 3 aromatic rings. The molecule has 4 rings (SSSR count). The van der Waals surface area contributed by atoms with Crippen LogP contribution in [0, 0.1) is 0 Å². The number of benzene rings is 2. The summed E-state index contributed by atoms with van der Waals surface area (Å²) in [6.45, 7) is 3.90. The number of ether oxygens (including phenoxy) is 4. The molecule has 1 saturated heterocycles. The van der Waals surface area contributed by atoms with Crippen LogP contribution in [0.25, 0.3) is 10.8 Å². The van der Waals surface area contributed by atoms with Gasteiger partial charge in [-0.3, -0.25) is 9.59 Å². The molecule has 2 aromatic carbocycles.